The molecule has 9 aromatic carbocycles. The van der Waals surface area contributed by atoms with E-state index in [0.717, 1.165) is 88.8 Å². The van der Waals surface area contributed by atoms with Gasteiger partial charge in [-0.3, -0.25) is 0 Å². The van der Waals surface area contributed by atoms with Crippen molar-refractivity contribution < 1.29 is 8.83 Å². The van der Waals surface area contributed by atoms with Crippen LogP contribution in [0.25, 0.3) is 100 Å². The Bertz CT molecular complexity index is 3790. The van der Waals surface area contributed by atoms with Crippen molar-refractivity contribution in [1.29, 1.82) is 0 Å². The smallest absolute Gasteiger partial charge is 0.164 e. The summed E-state index contributed by atoms with van der Waals surface area (Å²) in [4.78, 5) is 17.6. The van der Waals surface area contributed by atoms with Crippen LogP contribution < -0.4 is 4.90 Å². The third-order valence-electron chi connectivity index (χ3n) is 13.3. The van der Waals surface area contributed by atoms with Crippen molar-refractivity contribution >= 4 is 60.9 Å². The van der Waals surface area contributed by atoms with Gasteiger partial charge in [0.1, 0.15) is 22.3 Å². The van der Waals surface area contributed by atoms with Crippen LogP contribution in [-0.2, 0) is 5.41 Å². The van der Waals surface area contributed by atoms with Gasteiger partial charge in [0.05, 0.1) is 16.8 Å². The van der Waals surface area contributed by atoms with E-state index >= 15 is 0 Å². The number of rotatable bonds is 7. The van der Waals surface area contributed by atoms with Crippen molar-refractivity contribution in [2.75, 3.05) is 4.90 Å². The molecule has 312 valence electrons. The van der Waals surface area contributed by atoms with E-state index in [2.05, 4.69) is 140 Å². The maximum absolute atomic E-state index is 6.53. The van der Waals surface area contributed by atoms with E-state index in [1.54, 1.807) is 0 Å². The molecular formula is C60H40N4O2. The van der Waals surface area contributed by atoms with Crippen LogP contribution in [0.15, 0.2) is 215 Å². The molecule has 3 aromatic heterocycles. The van der Waals surface area contributed by atoms with Gasteiger partial charge in [0, 0.05) is 49.5 Å². The minimum absolute atomic E-state index is 0.153. The van der Waals surface area contributed by atoms with Crippen molar-refractivity contribution in [1.82, 2.24) is 15.0 Å². The summed E-state index contributed by atoms with van der Waals surface area (Å²) in [5, 5.41) is 4.12. The van der Waals surface area contributed by atoms with Crippen molar-refractivity contribution in [3.8, 4) is 56.4 Å². The van der Waals surface area contributed by atoms with Crippen LogP contribution in [0, 0.1) is 0 Å². The Hall–Kier alpha value is -8.61. The van der Waals surface area contributed by atoms with Crippen LogP contribution in [0.4, 0.5) is 17.1 Å². The highest BCUT2D eigenvalue weighted by molar-refractivity contribution is 6.15. The Kier molecular flexibility index (Phi) is 8.46. The average Bonchev–Trinajstić information content (AvgIpc) is 4.02. The highest BCUT2D eigenvalue weighted by Gasteiger charge is 2.38. The maximum Gasteiger partial charge on any atom is 0.164 e. The normalized spacial score (nSPS) is 12.8. The molecule has 0 radical (unpaired) electrons. The number of hydrogen-bond donors (Lipinski definition) is 0. The molecular weight excluding hydrogens is 809 g/mol. The minimum atomic E-state index is -0.153. The van der Waals surface area contributed by atoms with Crippen LogP contribution in [-0.4, -0.2) is 15.0 Å². The summed E-state index contributed by atoms with van der Waals surface area (Å²) in [5.41, 5.74) is 16.4. The number of para-hydroxylation sites is 1. The Morgan fingerprint density at radius 2 is 0.924 bits per heavy atom. The highest BCUT2D eigenvalue weighted by Crippen LogP contribution is 2.55. The molecule has 0 N–H and O–H groups in total. The summed E-state index contributed by atoms with van der Waals surface area (Å²) in [6.45, 7) is 4.67. The first-order chi connectivity index (χ1) is 32.5. The lowest BCUT2D eigenvalue weighted by Crippen LogP contribution is -2.16. The van der Waals surface area contributed by atoms with E-state index in [1.165, 1.54) is 22.3 Å². The SMILES string of the molecule is CC1(C)c2ccccc2-c2c(N(c3ccc(-c4ccc5oc6cccc(-c7nc(-c8ccccc8)nc(-c8ccccc8)n7)c6c5c4)cc3)c3cccc4oc5ccccc5c34)cccc21. The first kappa shape index (κ1) is 37.9. The van der Waals surface area contributed by atoms with Crippen LogP contribution >= 0.6 is 0 Å². The molecule has 66 heavy (non-hydrogen) atoms. The van der Waals surface area contributed by atoms with Gasteiger partial charge in [-0.05, 0) is 82.4 Å². The third kappa shape index (κ3) is 5.92. The fourth-order valence-corrected chi connectivity index (χ4v) is 10.2. The second-order valence-corrected chi connectivity index (χ2v) is 17.5. The number of anilines is 3. The Morgan fingerprint density at radius 3 is 1.68 bits per heavy atom. The van der Waals surface area contributed by atoms with Crippen LogP contribution in [0.3, 0.4) is 0 Å². The molecule has 0 saturated carbocycles. The topological polar surface area (TPSA) is 68.2 Å². The van der Waals surface area contributed by atoms with Crippen molar-refractivity contribution in [3.63, 3.8) is 0 Å². The fourth-order valence-electron chi connectivity index (χ4n) is 10.2. The summed E-state index contributed by atoms with van der Waals surface area (Å²) in [6, 6.07) is 72.0. The highest BCUT2D eigenvalue weighted by atomic mass is 16.3. The molecule has 6 nitrogen and oxygen atoms in total. The van der Waals surface area contributed by atoms with E-state index in [0.29, 0.717) is 17.5 Å². The predicted molar refractivity (Wildman–Crippen MR) is 268 cm³/mol. The van der Waals surface area contributed by atoms with Crippen LogP contribution in [0.2, 0.25) is 0 Å². The van der Waals surface area contributed by atoms with Crippen molar-refractivity contribution in [3.05, 3.63) is 217 Å². The van der Waals surface area contributed by atoms with Gasteiger partial charge in [-0.25, -0.2) is 15.0 Å². The number of nitrogens with zero attached hydrogens (tertiary/aromatic N) is 4. The molecule has 0 amide bonds. The first-order valence-electron chi connectivity index (χ1n) is 22.3. The Labute approximate surface area is 381 Å². The largest absolute Gasteiger partial charge is 0.456 e. The van der Waals surface area contributed by atoms with Gasteiger partial charge < -0.3 is 13.7 Å². The van der Waals surface area contributed by atoms with E-state index < -0.39 is 0 Å². The van der Waals surface area contributed by atoms with Crippen molar-refractivity contribution in [2.45, 2.75) is 19.3 Å². The van der Waals surface area contributed by atoms with Gasteiger partial charge in [-0.2, -0.15) is 0 Å². The van der Waals surface area contributed by atoms with E-state index in [-0.39, 0.29) is 5.41 Å². The van der Waals surface area contributed by atoms with Crippen LogP contribution in [0.5, 0.6) is 0 Å². The summed E-state index contributed by atoms with van der Waals surface area (Å²) >= 11 is 0. The summed E-state index contributed by atoms with van der Waals surface area (Å²) in [5.74, 6) is 1.82. The van der Waals surface area contributed by atoms with E-state index in [1.807, 2.05) is 84.9 Å². The molecule has 0 aliphatic heterocycles. The number of furan rings is 2. The summed E-state index contributed by atoms with van der Waals surface area (Å²) in [6.07, 6.45) is 0. The van der Waals surface area contributed by atoms with Gasteiger partial charge in [0.2, 0.25) is 0 Å². The molecule has 0 bridgehead atoms. The Morgan fingerprint density at radius 1 is 0.379 bits per heavy atom. The van der Waals surface area contributed by atoms with Crippen molar-refractivity contribution in [2.24, 2.45) is 0 Å². The molecule has 0 spiro atoms. The molecule has 0 saturated heterocycles. The lowest BCUT2D eigenvalue weighted by atomic mass is 9.82. The van der Waals surface area contributed by atoms with Gasteiger partial charge in [-0.15, -0.1) is 0 Å². The quantitative estimate of drug-likeness (QED) is 0.159. The molecule has 12 aromatic rings. The average molecular weight is 849 g/mol. The van der Waals surface area contributed by atoms with Gasteiger partial charge in [0.15, 0.2) is 17.5 Å². The molecule has 3 heterocycles. The number of hydrogen-bond acceptors (Lipinski definition) is 6. The molecule has 1 aliphatic rings. The Balaban J connectivity index is 0.963. The lowest BCUT2D eigenvalue weighted by molar-refractivity contribution is 0.660. The predicted octanol–water partition coefficient (Wildman–Crippen LogP) is 16.1. The second kappa shape index (κ2) is 14.7. The third-order valence-corrected chi connectivity index (χ3v) is 13.3. The zero-order valence-corrected chi connectivity index (χ0v) is 36.2. The second-order valence-electron chi connectivity index (χ2n) is 17.5. The molecule has 1 aliphatic carbocycles. The number of benzene rings is 9. The van der Waals surface area contributed by atoms with E-state index in [9.17, 15) is 0 Å². The number of aromatic nitrogens is 3. The van der Waals surface area contributed by atoms with Gasteiger partial charge in [-0.1, -0.05) is 166 Å². The zero-order chi connectivity index (χ0) is 43.9. The zero-order valence-electron chi connectivity index (χ0n) is 36.2. The van der Waals surface area contributed by atoms with Crippen LogP contribution in [0.1, 0.15) is 25.0 Å². The monoisotopic (exact) mass is 848 g/mol. The van der Waals surface area contributed by atoms with E-state index in [4.69, 9.17) is 23.8 Å². The molecule has 0 fully saturated rings. The number of fused-ring (bicyclic) bond motifs is 9. The van der Waals surface area contributed by atoms with Gasteiger partial charge in [0.25, 0.3) is 0 Å². The summed E-state index contributed by atoms with van der Waals surface area (Å²) < 4.78 is 13.0. The minimum Gasteiger partial charge on any atom is -0.456 e. The standard InChI is InChI=1S/C60H40N4O2/c1-60(2)46-23-11-9-20-42(46)55-47(60)24-14-25-48(55)64(49-26-15-29-53-56(49)43-21-10-12-27-50(43)65-53)41-33-30-37(31-34-41)40-32-35-51-45(36-40)54-44(22-13-28-52(54)66-51)59-62-57(38-16-5-3-6-17-38)61-58(63-59)39-18-7-4-8-19-39/h3-36H,1-2H3. The molecule has 0 unspecified atom stereocenters. The fraction of sp³-hybridized carbons (Fsp3) is 0.0500. The summed E-state index contributed by atoms with van der Waals surface area (Å²) in [7, 11) is 0. The molecule has 6 heteroatoms. The maximum atomic E-state index is 6.53. The van der Waals surface area contributed by atoms with Gasteiger partial charge >= 0.3 is 0 Å². The lowest BCUT2D eigenvalue weighted by Gasteiger charge is -2.29. The molecule has 13 rings (SSSR count). The first-order valence-corrected chi connectivity index (χ1v) is 22.3. The molecule has 0 atom stereocenters.